The molecule has 3 nitrogen and oxygen atoms in total. The number of carbonyl (C=O) groups is 1. The lowest BCUT2D eigenvalue weighted by Crippen LogP contribution is -2.47. The molecular weight excluding hydrogens is 248 g/mol. The average Bonchev–Trinajstić information content (AvgIpc) is 2.64. The summed E-state index contributed by atoms with van der Waals surface area (Å²) in [5.74, 6) is 0.344. The maximum Gasteiger partial charge on any atom is 0.241 e. The Labute approximate surface area is 124 Å². The molecule has 116 valence electrons. The zero-order valence-electron chi connectivity index (χ0n) is 14.0. The summed E-state index contributed by atoms with van der Waals surface area (Å²) in [4.78, 5) is 14.7. The summed E-state index contributed by atoms with van der Waals surface area (Å²) >= 11 is 0. The molecule has 0 aromatic rings. The van der Waals surface area contributed by atoms with Crippen molar-refractivity contribution in [3.63, 3.8) is 0 Å². The summed E-state index contributed by atoms with van der Waals surface area (Å²) < 4.78 is 0. The molecular formula is C17H32N2O. The third kappa shape index (κ3) is 3.55. The van der Waals surface area contributed by atoms with Crippen molar-refractivity contribution in [1.82, 2.24) is 10.2 Å². The van der Waals surface area contributed by atoms with Gasteiger partial charge in [0.1, 0.15) is 0 Å². The van der Waals surface area contributed by atoms with Gasteiger partial charge in [0.2, 0.25) is 5.91 Å². The van der Waals surface area contributed by atoms with Crippen LogP contribution in [-0.4, -0.2) is 29.6 Å². The highest BCUT2D eigenvalue weighted by Crippen LogP contribution is 2.47. The fourth-order valence-electron chi connectivity index (χ4n) is 4.52. The van der Waals surface area contributed by atoms with E-state index in [0.29, 0.717) is 22.8 Å². The van der Waals surface area contributed by atoms with Crippen LogP contribution in [-0.2, 0) is 4.79 Å². The second-order valence-corrected chi connectivity index (χ2v) is 8.43. The molecule has 0 bridgehead atoms. The maximum absolute atomic E-state index is 12.6. The summed E-state index contributed by atoms with van der Waals surface area (Å²) in [5, 5.41) is 3.42. The second-order valence-electron chi connectivity index (χ2n) is 8.43. The highest BCUT2D eigenvalue weighted by molar-refractivity contribution is 5.84. The summed E-state index contributed by atoms with van der Waals surface area (Å²) in [6, 6.07) is 0.489. The van der Waals surface area contributed by atoms with Crippen molar-refractivity contribution in [2.24, 2.45) is 10.8 Å². The SMILES string of the molecule is CCCCC1NCN(C2CC(C)(C)CC(C)(C)C2)C1=O. The number of hydrogen-bond donors (Lipinski definition) is 1. The van der Waals surface area contributed by atoms with Gasteiger partial charge in [-0.1, -0.05) is 47.5 Å². The van der Waals surface area contributed by atoms with Crippen molar-refractivity contribution in [2.45, 2.75) is 85.2 Å². The Bertz CT molecular complexity index is 346. The van der Waals surface area contributed by atoms with E-state index in [2.05, 4.69) is 44.8 Å². The molecule has 2 aliphatic rings. The van der Waals surface area contributed by atoms with Gasteiger partial charge in [0.25, 0.3) is 0 Å². The van der Waals surface area contributed by atoms with Gasteiger partial charge in [-0.15, -0.1) is 0 Å². The Kier molecular flexibility index (Phi) is 4.48. The normalized spacial score (nSPS) is 29.9. The Morgan fingerprint density at radius 3 is 2.35 bits per heavy atom. The summed E-state index contributed by atoms with van der Waals surface area (Å²) in [6.45, 7) is 12.3. The molecule has 0 aromatic heterocycles. The zero-order chi connectivity index (χ0) is 15.0. The van der Waals surface area contributed by atoms with Gasteiger partial charge in [0, 0.05) is 6.04 Å². The van der Waals surface area contributed by atoms with Gasteiger partial charge < -0.3 is 4.90 Å². The highest BCUT2D eigenvalue weighted by atomic mass is 16.2. The molecule has 1 aliphatic heterocycles. The van der Waals surface area contributed by atoms with E-state index in [9.17, 15) is 4.79 Å². The van der Waals surface area contributed by atoms with Crippen molar-refractivity contribution in [1.29, 1.82) is 0 Å². The smallest absolute Gasteiger partial charge is 0.241 e. The van der Waals surface area contributed by atoms with Crippen molar-refractivity contribution in [2.75, 3.05) is 6.67 Å². The van der Waals surface area contributed by atoms with Gasteiger partial charge >= 0.3 is 0 Å². The van der Waals surface area contributed by atoms with Gasteiger partial charge in [0.15, 0.2) is 0 Å². The van der Waals surface area contributed by atoms with Crippen molar-refractivity contribution >= 4 is 5.91 Å². The summed E-state index contributed by atoms with van der Waals surface area (Å²) in [7, 11) is 0. The van der Waals surface area contributed by atoms with E-state index < -0.39 is 0 Å². The maximum atomic E-state index is 12.6. The minimum absolute atomic E-state index is 0.0723. The fourth-order valence-corrected chi connectivity index (χ4v) is 4.52. The monoisotopic (exact) mass is 280 g/mol. The van der Waals surface area contributed by atoms with Crippen LogP contribution in [0.4, 0.5) is 0 Å². The molecule has 0 spiro atoms. The molecule has 1 saturated heterocycles. The topological polar surface area (TPSA) is 32.3 Å². The molecule has 2 fully saturated rings. The third-order valence-electron chi connectivity index (χ3n) is 4.91. The van der Waals surface area contributed by atoms with E-state index in [1.54, 1.807) is 0 Å². The summed E-state index contributed by atoms with van der Waals surface area (Å²) in [5.41, 5.74) is 0.683. The van der Waals surface area contributed by atoms with Crippen LogP contribution in [0.2, 0.25) is 0 Å². The Balaban J connectivity index is 2.03. The molecule has 1 aliphatic carbocycles. The molecule has 1 saturated carbocycles. The van der Waals surface area contributed by atoms with Gasteiger partial charge in [-0.25, -0.2) is 0 Å². The number of rotatable bonds is 4. The van der Waals surface area contributed by atoms with Gasteiger partial charge in [-0.2, -0.15) is 0 Å². The lowest BCUT2D eigenvalue weighted by Gasteiger charge is -2.47. The van der Waals surface area contributed by atoms with Crippen LogP contribution in [0.15, 0.2) is 0 Å². The standard InChI is InChI=1S/C17H32N2O/c1-6-7-8-14-15(20)19(12-18-14)13-9-16(2,3)11-17(4,5)10-13/h13-14,18H,6-12H2,1-5H3. The first kappa shape index (κ1) is 15.8. The van der Waals surface area contributed by atoms with Crippen molar-refractivity contribution in [3.8, 4) is 0 Å². The average molecular weight is 280 g/mol. The minimum atomic E-state index is 0.0723. The van der Waals surface area contributed by atoms with Crippen LogP contribution in [0.5, 0.6) is 0 Å². The molecule has 1 heterocycles. The van der Waals surface area contributed by atoms with Crippen LogP contribution >= 0.6 is 0 Å². The van der Waals surface area contributed by atoms with E-state index in [1.807, 2.05) is 0 Å². The number of amides is 1. The van der Waals surface area contributed by atoms with Crippen LogP contribution in [0.25, 0.3) is 0 Å². The first-order valence-electron chi connectivity index (χ1n) is 8.28. The van der Waals surface area contributed by atoms with E-state index in [0.717, 1.165) is 38.8 Å². The predicted octanol–water partition coefficient (Wildman–Crippen LogP) is 3.54. The van der Waals surface area contributed by atoms with E-state index in [-0.39, 0.29) is 6.04 Å². The molecule has 1 amide bonds. The van der Waals surface area contributed by atoms with Gasteiger partial charge in [-0.3, -0.25) is 10.1 Å². The lowest BCUT2D eigenvalue weighted by atomic mass is 9.63. The third-order valence-corrected chi connectivity index (χ3v) is 4.91. The minimum Gasteiger partial charge on any atom is -0.326 e. The molecule has 20 heavy (non-hydrogen) atoms. The largest absolute Gasteiger partial charge is 0.326 e. The van der Waals surface area contributed by atoms with Crippen LogP contribution in [0.3, 0.4) is 0 Å². The van der Waals surface area contributed by atoms with Crippen molar-refractivity contribution in [3.05, 3.63) is 0 Å². The van der Waals surface area contributed by atoms with E-state index in [1.165, 1.54) is 6.42 Å². The van der Waals surface area contributed by atoms with Gasteiger partial charge in [0.05, 0.1) is 12.7 Å². The first-order valence-corrected chi connectivity index (χ1v) is 8.28. The first-order chi connectivity index (χ1) is 9.24. The number of nitrogens with one attached hydrogen (secondary N) is 1. The summed E-state index contributed by atoms with van der Waals surface area (Å²) in [6.07, 6.45) is 6.83. The molecule has 1 N–H and O–H groups in total. The van der Waals surface area contributed by atoms with Gasteiger partial charge in [-0.05, 0) is 36.5 Å². The zero-order valence-corrected chi connectivity index (χ0v) is 14.0. The second kappa shape index (κ2) is 5.67. The van der Waals surface area contributed by atoms with Crippen LogP contribution in [0, 0.1) is 10.8 Å². The number of unbranched alkanes of at least 4 members (excludes halogenated alkanes) is 1. The molecule has 3 heteroatoms. The van der Waals surface area contributed by atoms with Crippen LogP contribution in [0.1, 0.15) is 73.1 Å². The number of carbonyl (C=O) groups excluding carboxylic acids is 1. The Morgan fingerprint density at radius 1 is 1.20 bits per heavy atom. The highest BCUT2D eigenvalue weighted by Gasteiger charge is 2.44. The molecule has 1 unspecified atom stereocenters. The van der Waals surface area contributed by atoms with E-state index >= 15 is 0 Å². The molecule has 1 atom stereocenters. The molecule has 2 rings (SSSR count). The number of nitrogens with zero attached hydrogens (tertiary/aromatic N) is 1. The predicted molar refractivity (Wildman–Crippen MR) is 83.4 cm³/mol. The van der Waals surface area contributed by atoms with Crippen molar-refractivity contribution < 1.29 is 4.79 Å². The lowest BCUT2D eigenvalue weighted by molar-refractivity contribution is -0.133. The Hall–Kier alpha value is -0.570. The molecule has 0 aromatic carbocycles. The quantitative estimate of drug-likeness (QED) is 0.854. The van der Waals surface area contributed by atoms with Crippen LogP contribution < -0.4 is 5.32 Å². The molecule has 0 radical (unpaired) electrons. The fraction of sp³-hybridized carbons (Fsp3) is 0.941. The van der Waals surface area contributed by atoms with E-state index in [4.69, 9.17) is 0 Å². The number of hydrogen-bond acceptors (Lipinski definition) is 2. The Morgan fingerprint density at radius 2 is 1.80 bits per heavy atom.